The number of unbranched alkanes of at least 4 members (excludes halogenated alkanes) is 1. The van der Waals surface area contributed by atoms with Crippen molar-refractivity contribution in [1.82, 2.24) is 14.9 Å². The summed E-state index contributed by atoms with van der Waals surface area (Å²) in [6.45, 7) is 7.11. The van der Waals surface area contributed by atoms with Crippen molar-refractivity contribution in [2.24, 2.45) is 0 Å². The normalized spacial score (nSPS) is 10.6. The van der Waals surface area contributed by atoms with Crippen LogP contribution in [-0.4, -0.2) is 34.4 Å². The molecule has 0 spiro atoms. The molecule has 1 aromatic carbocycles. The van der Waals surface area contributed by atoms with Crippen LogP contribution in [0.2, 0.25) is 0 Å². The van der Waals surface area contributed by atoms with Gasteiger partial charge in [-0.05, 0) is 36.5 Å². The predicted molar refractivity (Wildman–Crippen MR) is 102 cm³/mol. The van der Waals surface area contributed by atoms with Crippen LogP contribution in [0.5, 0.6) is 0 Å². The molecule has 2 rings (SSSR count). The molecular formula is C20H28N4O. The Bertz CT molecular complexity index is 692. The van der Waals surface area contributed by atoms with E-state index in [1.807, 2.05) is 7.05 Å². The lowest BCUT2D eigenvalue weighted by molar-refractivity contribution is 0.0787. The summed E-state index contributed by atoms with van der Waals surface area (Å²) < 4.78 is 0. The Morgan fingerprint density at radius 2 is 1.80 bits per heavy atom. The van der Waals surface area contributed by atoms with Crippen LogP contribution in [0.1, 0.15) is 55.2 Å². The third kappa shape index (κ3) is 4.78. The zero-order chi connectivity index (χ0) is 18.2. The second-order valence-corrected chi connectivity index (χ2v) is 6.13. The highest BCUT2D eigenvalue weighted by Crippen LogP contribution is 2.25. The van der Waals surface area contributed by atoms with Gasteiger partial charge in [-0.15, -0.1) is 0 Å². The fourth-order valence-electron chi connectivity index (χ4n) is 2.75. The monoisotopic (exact) mass is 340 g/mol. The molecule has 2 aromatic rings. The Morgan fingerprint density at radius 1 is 1.12 bits per heavy atom. The van der Waals surface area contributed by atoms with Gasteiger partial charge in [-0.25, -0.2) is 9.97 Å². The van der Waals surface area contributed by atoms with Crippen LogP contribution in [0.4, 0.5) is 11.6 Å². The van der Waals surface area contributed by atoms with Crippen LogP contribution >= 0.6 is 0 Å². The van der Waals surface area contributed by atoms with Crippen molar-refractivity contribution in [3.8, 4) is 0 Å². The number of aryl methyl sites for hydroxylation is 2. The topological polar surface area (TPSA) is 58.1 Å². The SMILES string of the molecule is CCCCN(C)C(=O)c1ccnc(Nc2c(CC)cccc2CC)n1. The Morgan fingerprint density at radius 3 is 2.40 bits per heavy atom. The first-order valence-corrected chi connectivity index (χ1v) is 9.06. The summed E-state index contributed by atoms with van der Waals surface area (Å²) in [5.74, 6) is 0.392. The summed E-state index contributed by atoms with van der Waals surface area (Å²) >= 11 is 0. The Hall–Kier alpha value is -2.43. The average molecular weight is 340 g/mol. The van der Waals surface area contributed by atoms with E-state index in [9.17, 15) is 4.79 Å². The lowest BCUT2D eigenvalue weighted by atomic mass is 10.0. The summed E-state index contributed by atoms with van der Waals surface area (Å²) in [4.78, 5) is 23.0. The van der Waals surface area contributed by atoms with Crippen LogP contribution in [-0.2, 0) is 12.8 Å². The molecule has 0 unspecified atom stereocenters. The maximum atomic E-state index is 12.5. The molecule has 1 N–H and O–H groups in total. The van der Waals surface area contributed by atoms with Crippen LogP contribution < -0.4 is 5.32 Å². The number of benzene rings is 1. The molecule has 1 amide bonds. The molecule has 0 aliphatic heterocycles. The van der Waals surface area contributed by atoms with E-state index >= 15 is 0 Å². The van der Waals surface area contributed by atoms with Gasteiger partial charge in [-0.2, -0.15) is 0 Å². The Balaban J connectivity index is 2.24. The molecular weight excluding hydrogens is 312 g/mol. The van der Waals surface area contributed by atoms with E-state index in [0.717, 1.165) is 37.9 Å². The molecule has 0 bridgehead atoms. The summed E-state index contributed by atoms with van der Waals surface area (Å²) in [5, 5.41) is 3.33. The minimum atomic E-state index is -0.0709. The van der Waals surface area contributed by atoms with Gasteiger partial charge in [-0.3, -0.25) is 4.79 Å². The number of nitrogens with one attached hydrogen (secondary N) is 1. The lowest BCUT2D eigenvalue weighted by Crippen LogP contribution is -2.28. The molecule has 1 aromatic heterocycles. The van der Waals surface area contributed by atoms with Crippen molar-refractivity contribution in [3.05, 3.63) is 47.3 Å². The van der Waals surface area contributed by atoms with Gasteiger partial charge >= 0.3 is 0 Å². The van der Waals surface area contributed by atoms with E-state index in [1.54, 1.807) is 17.2 Å². The van der Waals surface area contributed by atoms with Crippen LogP contribution in [0, 0.1) is 0 Å². The van der Waals surface area contributed by atoms with Crippen molar-refractivity contribution in [2.45, 2.75) is 46.5 Å². The first kappa shape index (κ1) is 18.9. The lowest BCUT2D eigenvalue weighted by Gasteiger charge is -2.17. The fraction of sp³-hybridized carbons (Fsp3) is 0.450. The summed E-state index contributed by atoms with van der Waals surface area (Å²) in [6, 6.07) is 7.96. The van der Waals surface area contributed by atoms with Gasteiger partial charge in [0, 0.05) is 25.5 Å². The van der Waals surface area contributed by atoms with Gasteiger partial charge in [0.15, 0.2) is 0 Å². The zero-order valence-electron chi connectivity index (χ0n) is 15.7. The summed E-state index contributed by atoms with van der Waals surface area (Å²) in [6.07, 6.45) is 5.53. The molecule has 0 aliphatic carbocycles. The van der Waals surface area contributed by atoms with Gasteiger partial charge in [0.25, 0.3) is 5.91 Å². The van der Waals surface area contributed by atoms with E-state index in [2.05, 4.69) is 54.3 Å². The van der Waals surface area contributed by atoms with Crippen molar-refractivity contribution in [3.63, 3.8) is 0 Å². The quantitative estimate of drug-likeness (QED) is 0.782. The number of amides is 1. The summed E-state index contributed by atoms with van der Waals surface area (Å²) in [5.41, 5.74) is 3.92. The van der Waals surface area contributed by atoms with E-state index in [0.29, 0.717) is 11.6 Å². The third-order valence-electron chi connectivity index (χ3n) is 4.30. The Kier molecular flexibility index (Phi) is 6.92. The number of carbonyl (C=O) groups is 1. The standard InChI is InChI=1S/C20H28N4O/c1-5-8-14-24(4)19(25)17-12-13-21-20(22-17)23-18-15(6-2)10-9-11-16(18)7-3/h9-13H,5-8,14H2,1-4H3,(H,21,22,23). The van der Waals surface area contributed by atoms with E-state index < -0.39 is 0 Å². The fourth-order valence-corrected chi connectivity index (χ4v) is 2.75. The molecule has 0 saturated heterocycles. The number of para-hydroxylation sites is 1. The van der Waals surface area contributed by atoms with Crippen LogP contribution in [0.15, 0.2) is 30.5 Å². The Labute approximate surface area is 150 Å². The molecule has 0 fully saturated rings. The van der Waals surface area contributed by atoms with Gasteiger partial charge in [-0.1, -0.05) is 45.4 Å². The van der Waals surface area contributed by atoms with E-state index in [-0.39, 0.29) is 5.91 Å². The second kappa shape index (κ2) is 9.16. The highest BCUT2D eigenvalue weighted by molar-refractivity contribution is 5.92. The van der Waals surface area contributed by atoms with Gasteiger partial charge < -0.3 is 10.2 Å². The number of rotatable bonds is 8. The first-order valence-electron chi connectivity index (χ1n) is 9.06. The third-order valence-corrected chi connectivity index (χ3v) is 4.30. The van der Waals surface area contributed by atoms with Crippen molar-refractivity contribution >= 4 is 17.5 Å². The molecule has 0 saturated carbocycles. The zero-order valence-corrected chi connectivity index (χ0v) is 15.7. The van der Waals surface area contributed by atoms with Crippen molar-refractivity contribution in [2.75, 3.05) is 18.9 Å². The van der Waals surface area contributed by atoms with Gasteiger partial charge in [0.1, 0.15) is 5.69 Å². The second-order valence-electron chi connectivity index (χ2n) is 6.13. The van der Waals surface area contributed by atoms with E-state index in [1.165, 1.54) is 11.1 Å². The van der Waals surface area contributed by atoms with Crippen LogP contribution in [0.25, 0.3) is 0 Å². The molecule has 25 heavy (non-hydrogen) atoms. The number of nitrogens with zero attached hydrogens (tertiary/aromatic N) is 3. The van der Waals surface area contributed by atoms with Crippen LogP contribution in [0.3, 0.4) is 0 Å². The molecule has 0 radical (unpaired) electrons. The first-order chi connectivity index (χ1) is 12.1. The molecule has 1 heterocycles. The number of hydrogen-bond acceptors (Lipinski definition) is 4. The molecule has 134 valence electrons. The highest BCUT2D eigenvalue weighted by atomic mass is 16.2. The minimum Gasteiger partial charge on any atom is -0.340 e. The molecule has 0 aliphatic rings. The molecule has 0 atom stereocenters. The van der Waals surface area contributed by atoms with Crippen molar-refractivity contribution < 1.29 is 4.79 Å². The maximum absolute atomic E-state index is 12.5. The van der Waals surface area contributed by atoms with E-state index in [4.69, 9.17) is 0 Å². The highest BCUT2D eigenvalue weighted by Gasteiger charge is 2.14. The number of aromatic nitrogens is 2. The molecule has 5 heteroatoms. The minimum absolute atomic E-state index is 0.0709. The summed E-state index contributed by atoms with van der Waals surface area (Å²) in [7, 11) is 1.81. The smallest absolute Gasteiger partial charge is 0.272 e. The van der Waals surface area contributed by atoms with Crippen molar-refractivity contribution in [1.29, 1.82) is 0 Å². The number of carbonyl (C=O) groups excluding carboxylic acids is 1. The number of hydrogen-bond donors (Lipinski definition) is 1. The maximum Gasteiger partial charge on any atom is 0.272 e. The largest absolute Gasteiger partial charge is 0.340 e. The van der Waals surface area contributed by atoms with Gasteiger partial charge in [0.05, 0.1) is 0 Å². The number of anilines is 2. The van der Waals surface area contributed by atoms with Gasteiger partial charge in [0.2, 0.25) is 5.95 Å². The average Bonchev–Trinajstić information content (AvgIpc) is 2.65. The predicted octanol–water partition coefficient (Wildman–Crippen LogP) is 4.22. The molecule has 5 nitrogen and oxygen atoms in total.